The largest absolute Gasteiger partial charge is 0.325 e. The number of hydrogen-bond donors (Lipinski definition) is 1. The van der Waals surface area contributed by atoms with Crippen LogP contribution in [0.3, 0.4) is 0 Å². The van der Waals surface area contributed by atoms with Gasteiger partial charge in [0.25, 0.3) is 0 Å². The molecular weight excluding hydrogens is 222 g/mol. The van der Waals surface area contributed by atoms with Crippen LogP contribution in [0.4, 0.5) is 0 Å². The molecule has 0 unspecified atom stereocenters. The van der Waals surface area contributed by atoms with Crippen LogP contribution in [-0.4, -0.2) is 9.97 Å². The maximum Gasteiger partial charge on any atom is 0.0930 e. The van der Waals surface area contributed by atoms with Crippen molar-refractivity contribution in [3.63, 3.8) is 0 Å². The third kappa shape index (κ3) is 2.93. The normalized spacial score (nSPS) is 10.9. The molecule has 3 nitrogen and oxygen atoms in total. The summed E-state index contributed by atoms with van der Waals surface area (Å²) in [6, 6.07) is 8.51. The summed E-state index contributed by atoms with van der Waals surface area (Å²) in [5, 5.41) is 0. The highest BCUT2D eigenvalue weighted by Crippen LogP contribution is 2.20. The number of hydrogen-bond acceptors (Lipinski definition) is 3. The monoisotopic (exact) mass is 241 g/mol. The summed E-state index contributed by atoms with van der Waals surface area (Å²) in [5.74, 6) is 0.673. The molecule has 1 heterocycles. The molecule has 0 radical (unpaired) electrons. The fraction of sp³-hybridized carbons (Fsp3) is 0.333. The second kappa shape index (κ2) is 5.74. The van der Waals surface area contributed by atoms with E-state index in [1.807, 2.05) is 0 Å². The molecular formula is C15H19N3. The zero-order valence-corrected chi connectivity index (χ0v) is 10.9. The highest BCUT2D eigenvalue weighted by atomic mass is 14.8. The SMILES string of the molecule is CC(C)Cc1ccc(-c2nccnc2CN)cc1. The molecule has 0 spiro atoms. The van der Waals surface area contributed by atoms with Gasteiger partial charge in [-0.2, -0.15) is 0 Å². The second-order valence-corrected chi connectivity index (χ2v) is 4.85. The molecule has 0 bridgehead atoms. The second-order valence-electron chi connectivity index (χ2n) is 4.85. The van der Waals surface area contributed by atoms with E-state index in [1.54, 1.807) is 12.4 Å². The van der Waals surface area contributed by atoms with E-state index in [9.17, 15) is 0 Å². The first kappa shape index (κ1) is 12.7. The van der Waals surface area contributed by atoms with Crippen LogP contribution in [0.25, 0.3) is 11.3 Å². The van der Waals surface area contributed by atoms with Crippen molar-refractivity contribution >= 4 is 0 Å². The number of nitrogens with zero attached hydrogens (tertiary/aromatic N) is 2. The smallest absolute Gasteiger partial charge is 0.0930 e. The van der Waals surface area contributed by atoms with Gasteiger partial charge >= 0.3 is 0 Å². The van der Waals surface area contributed by atoms with Crippen molar-refractivity contribution in [2.45, 2.75) is 26.8 Å². The number of benzene rings is 1. The predicted octanol–water partition coefficient (Wildman–Crippen LogP) is 2.80. The molecule has 2 N–H and O–H groups in total. The third-order valence-corrected chi connectivity index (χ3v) is 2.84. The molecule has 0 aliphatic rings. The summed E-state index contributed by atoms with van der Waals surface area (Å²) in [7, 11) is 0. The maximum absolute atomic E-state index is 5.68. The van der Waals surface area contributed by atoms with Crippen LogP contribution in [0.1, 0.15) is 25.1 Å². The molecule has 94 valence electrons. The standard InChI is InChI=1S/C15H19N3/c1-11(2)9-12-3-5-13(6-4-12)15-14(10-16)17-7-8-18-15/h3-8,11H,9-10,16H2,1-2H3. The summed E-state index contributed by atoms with van der Waals surface area (Å²) < 4.78 is 0. The lowest BCUT2D eigenvalue weighted by Crippen LogP contribution is -2.03. The van der Waals surface area contributed by atoms with Crippen molar-refractivity contribution in [2.24, 2.45) is 11.7 Å². The molecule has 18 heavy (non-hydrogen) atoms. The first-order valence-corrected chi connectivity index (χ1v) is 6.30. The van der Waals surface area contributed by atoms with Crippen LogP contribution >= 0.6 is 0 Å². The summed E-state index contributed by atoms with van der Waals surface area (Å²) in [4.78, 5) is 8.62. The molecule has 2 rings (SSSR count). The number of aromatic nitrogens is 2. The Labute approximate surface area is 108 Å². The molecule has 0 fully saturated rings. The lowest BCUT2D eigenvalue weighted by molar-refractivity contribution is 0.647. The molecule has 0 saturated carbocycles. The van der Waals surface area contributed by atoms with E-state index < -0.39 is 0 Å². The Morgan fingerprint density at radius 1 is 1.06 bits per heavy atom. The van der Waals surface area contributed by atoms with Gasteiger partial charge in [0.2, 0.25) is 0 Å². The van der Waals surface area contributed by atoms with Gasteiger partial charge in [-0.25, -0.2) is 0 Å². The molecule has 1 aromatic heterocycles. The highest BCUT2D eigenvalue weighted by molar-refractivity contribution is 5.61. The predicted molar refractivity (Wildman–Crippen MR) is 73.9 cm³/mol. The first-order valence-electron chi connectivity index (χ1n) is 6.30. The van der Waals surface area contributed by atoms with Gasteiger partial charge in [-0.05, 0) is 17.9 Å². The van der Waals surface area contributed by atoms with Crippen molar-refractivity contribution < 1.29 is 0 Å². The van der Waals surface area contributed by atoms with Crippen molar-refractivity contribution in [3.8, 4) is 11.3 Å². The van der Waals surface area contributed by atoms with Crippen LogP contribution in [0, 0.1) is 5.92 Å². The summed E-state index contributed by atoms with van der Waals surface area (Å²) >= 11 is 0. The van der Waals surface area contributed by atoms with Gasteiger partial charge in [-0.15, -0.1) is 0 Å². The Morgan fingerprint density at radius 3 is 2.33 bits per heavy atom. The Kier molecular flexibility index (Phi) is 4.05. The zero-order valence-electron chi connectivity index (χ0n) is 10.9. The molecule has 0 aliphatic carbocycles. The Morgan fingerprint density at radius 2 is 1.72 bits per heavy atom. The van der Waals surface area contributed by atoms with Gasteiger partial charge in [-0.1, -0.05) is 38.1 Å². The maximum atomic E-state index is 5.68. The van der Waals surface area contributed by atoms with Crippen molar-refractivity contribution in [3.05, 3.63) is 47.9 Å². The van der Waals surface area contributed by atoms with Gasteiger partial charge in [-0.3, -0.25) is 9.97 Å². The highest BCUT2D eigenvalue weighted by Gasteiger charge is 2.06. The first-order chi connectivity index (χ1) is 8.70. The summed E-state index contributed by atoms with van der Waals surface area (Å²) in [6.07, 6.45) is 4.49. The molecule has 2 aromatic rings. The zero-order chi connectivity index (χ0) is 13.0. The minimum atomic E-state index is 0.414. The van der Waals surface area contributed by atoms with E-state index in [2.05, 4.69) is 48.1 Å². The molecule has 3 heteroatoms. The van der Waals surface area contributed by atoms with Gasteiger partial charge in [0.1, 0.15) is 0 Å². The Hall–Kier alpha value is -1.74. The molecule has 0 amide bonds. The quantitative estimate of drug-likeness (QED) is 0.895. The van der Waals surface area contributed by atoms with Crippen molar-refractivity contribution in [1.82, 2.24) is 9.97 Å². The lowest BCUT2D eigenvalue weighted by Gasteiger charge is -2.08. The fourth-order valence-electron chi connectivity index (χ4n) is 2.03. The topological polar surface area (TPSA) is 51.8 Å². The van der Waals surface area contributed by atoms with Gasteiger partial charge in [0.15, 0.2) is 0 Å². The summed E-state index contributed by atoms with van der Waals surface area (Å²) in [6.45, 7) is 4.86. The van der Waals surface area contributed by atoms with E-state index in [1.165, 1.54) is 5.56 Å². The van der Waals surface area contributed by atoms with Crippen LogP contribution < -0.4 is 5.73 Å². The summed E-state index contributed by atoms with van der Waals surface area (Å²) in [5.41, 5.74) is 9.84. The van der Waals surface area contributed by atoms with E-state index in [-0.39, 0.29) is 0 Å². The van der Waals surface area contributed by atoms with Gasteiger partial charge in [0, 0.05) is 24.5 Å². The number of rotatable bonds is 4. The fourth-order valence-corrected chi connectivity index (χ4v) is 2.03. The Bertz CT molecular complexity index is 503. The minimum Gasteiger partial charge on any atom is -0.325 e. The third-order valence-electron chi connectivity index (χ3n) is 2.84. The number of nitrogens with two attached hydrogens (primary N) is 1. The average Bonchev–Trinajstić information content (AvgIpc) is 2.39. The Balaban J connectivity index is 2.28. The van der Waals surface area contributed by atoms with Crippen LogP contribution in [0.15, 0.2) is 36.7 Å². The minimum absolute atomic E-state index is 0.414. The van der Waals surface area contributed by atoms with Gasteiger partial charge < -0.3 is 5.73 Å². The van der Waals surface area contributed by atoms with E-state index in [0.29, 0.717) is 12.5 Å². The average molecular weight is 241 g/mol. The molecule has 0 aliphatic heterocycles. The van der Waals surface area contributed by atoms with Gasteiger partial charge in [0.05, 0.1) is 11.4 Å². The van der Waals surface area contributed by atoms with Crippen LogP contribution in [0.2, 0.25) is 0 Å². The van der Waals surface area contributed by atoms with E-state index in [4.69, 9.17) is 5.73 Å². The van der Waals surface area contributed by atoms with E-state index in [0.717, 1.165) is 23.4 Å². The molecule has 0 saturated heterocycles. The van der Waals surface area contributed by atoms with Crippen LogP contribution in [-0.2, 0) is 13.0 Å². The van der Waals surface area contributed by atoms with E-state index >= 15 is 0 Å². The van der Waals surface area contributed by atoms with Crippen molar-refractivity contribution in [1.29, 1.82) is 0 Å². The van der Waals surface area contributed by atoms with Crippen LogP contribution in [0.5, 0.6) is 0 Å². The molecule has 1 aromatic carbocycles. The van der Waals surface area contributed by atoms with Crippen molar-refractivity contribution in [2.75, 3.05) is 0 Å². The lowest BCUT2D eigenvalue weighted by atomic mass is 10.0. The molecule has 0 atom stereocenters.